The number of H-pyrrole nitrogens is 1. The minimum absolute atomic E-state index is 0.236. The summed E-state index contributed by atoms with van der Waals surface area (Å²) in [6, 6.07) is 4.54. The van der Waals surface area contributed by atoms with Crippen LogP contribution >= 0.6 is 0 Å². The van der Waals surface area contributed by atoms with Crippen molar-refractivity contribution in [2.75, 3.05) is 26.7 Å². The van der Waals surface area contributed by atoms with Gasteiger partial charge in [-0.15, -0.1) is 0 Å². The Morgan fingerprint density at radius 2 is 2.33 bits per heavy atom. The summed E-state index contributed by atoms with van der Waals surface area (Å²) in [5.41, 5.74) is 1.47. The fourth-order valence-electron chi connectivity index (χ4n) is 3.30. The molecule has 130 valence electrons. The molecule has 1 aliphatic rings. The van der Waals surface area contributed by atoms with Crippen molar-refractivity contribution < 1.29 is 9.18 Å². The number of halogens is 1. The average Bonchev–Trinajstić information content (AvgIpc) is 2.93. The average molecular weight is 332 g/mol. The van der Waals surface area contributed by atoms with Crippen LogP contribution in [-0.4, -0.2) is 52.4 Å². The summed E-state index contributed by atoms with van der Waals surface area (Å²) in [7, 11) is 1.97. The van der Waals surface area contributed by atoms with Crippen molar-refractivity contribution in [2.45, 2.75) is 32.7 Å². The second-order valence-corrected chi connectivity index (χ2v) is 6.92. The predicted octanol–water partition coefficient (Wildman–Crippen LogP) is 2.78. The molecule has 0 aliphatic carbocycles. The van der Waals surface area contributed by atoms with Gasteiger partial charge in [0.2, 0.25) is 5.91 Å². The van der Waals surface area contributed by atoms with E-state index < -0.39 is 0 Å². The number of imidazole rings is 1. The number of carbonyl (C=O) groups is 1. The molecule has 2 heterocycles. The number of hydrogen-bond donors (Lipinski definition) is 1. The lowest BCUT2D eigenvalue weighted by molar-refractivity contribution is -0.133. The van der Waals surface area contributed by atoms with Crippen LogP contribution < -0.4 is 0 Å². The highest BCUT2D eigenvalue weighted by Gasteiger charge is 2.20. The highest BCUT2D eigenvalue weighted by Crippen LogP contribution is 2.17. The van der Waals surface area contributed by atoms with Crippen LogP contribution in [0.4, 0.5) is 4.39 Å². The summed E-state index contributed by atoms with van der Waals surface area (Å²) in [6.07, 6.45) is 2.85. The molecule has 1 aliphatic heterocycles. The normalized spacial score (nSPS) is 18.5. The van der Waals surface area contributed by atoms with E-state index in [1.807, 2.05) is 11.9 Å². The van der Waals surface area contributed by atoms with Gasteiger partial charge in [0, 0.05) is 26.1 Å². The van der Waals surface area contributed by atoms with E-state index >= 15 is 0 Å². The van der Waals surface area contributed by atoms with Crippen LogP contribution in [0.25, 0.3) is 11.0 Å². The minimum Gasteiger partial charge on any atom is -0.342 e. The Morgan fingerprint density at radius 3 is 3.12 bits per heavy atom. The molecule has 0 radical (unpaired) electrons. The molecule has 1 amide bonds. The molecule has 3 rings (SSSR count). The molecule has 1 unspecified atom stereocenters. The van der Waals surface area contributed by atoms with Gasteiger partial charge < -0.3 is 9.88 Å². The van der Waals surface area contributed by atoms with Crippen molar-refractivity contribution in [3.05, 3.63) is 29.8 Å². The van der Waals surface area contributed by atoms with E-state index in [2.05, 4.69) is 21.8 Å². The van der Waals surface area contributed by atoms with Gasteiger partial charge in [0.05, 0.1) is 17.6 Å². The van der Waals surface area contributed by atoms with E-state index in [4.69, 9.17) is 0 Å². The van der Waals surface area contributed by atoms with Crippen LogP contribution in [0.3, 0.4) is 0 Å². The van der Waals surface area contributed by atoms with E-state index in [9.17, 15) is 9.18 Å². The topological polar surface area (TPSA) is 52.2 Å². The zero-order chi connectivity index (χ0) is 17.1. The van der Waals surface area contributed by atoms with Crippen LogP contribution in [0.15, 0.2) is 18.2 Å². The van der Waals surface area contributed by atoms with Gasteiger partial charge in [0.1, 0.15) is 11.6 Å². The van der Waals surface area contributed by atoms with Crippen LogP contribution in [0.2, 0.25) is 0 Å². The van der Waals surface area contributed by atoms with Crippen molar-refractivity contribution in [1.29, 1.82) is 0 Å². The summed E-state index contributed by atoms with van der Waals surface area (Å²) in [6.45, 7) is 5.28. The Kier molecular flexibility index (Phi) is 5.14. The fraction of sp³-hybridized carbons (Fsp3) is 0.556. The number of nitrogens with zero attached hydrogens (tertiary/aromatic N) is 3. The van der Waals surface area contributed by atoms with Crippen LogP contribution in [0, 0.1) is 11.7 Å². The van der Waals surface area contributed by atoms with Crippen molar-refractivity contribution in [3.8, 4) is 0 Å². The number of carbonyl (C=O) groups excluding carboxylic acids is 1. The first-order valence-corrected chi connectivity index (χ1v) is 8.62. The molecule has 1 aromatic carbocycles. The summed E-state index contributed by atoms with van der Waals surface area (Å²) < 4.78 is 13.2. The van der Waals surface area contributed by atoms with Gasteiger partial charge in [-0.25, -0.2) is 9.37 Å². The minimum atomic E-state index is -0.271. The van der Waals surface area contributed by atoms with Gasteiger partial charge in [-0.3, -0.25) is 9.69 Å². The molecule has 1 fully saturated rings. The lowest BCUT2D eigenvalue weighted by Crippen LogP contribution is -2.40. The molecule has 1 saturated heterocycles. The molecule has 6 heteroatoms. The van der Waals surface area contributed by atoms with Crippen molar-refractivity contribution in [2.24, 2.45) is 5.92 Å². The zero-order valence-electron chi connectivity index (χ0n) is 14.4. The van der Waals surface area contributed by atoms with Crippen LogP contribution in [-0.2, 0) is 11.3 Å². The number of piperidine rings is 1. The number of fused-ring (bicyclic) bond motifs is 1. The van der Waals surface area contributed by atoms with Gasteiger partial charge in [-0.05, 0) is 44.0 Å². The van der Waals surface area contributed by atoms with Gasteiger partial charge >= 0.3 is 0 Å². The second-order valence-electron chi connectivity index (χ2n) is 6.92. The number of rotatable bonds is 5. The van der Waals surface area contributed by atoms with E-state index in [1.54, 1.807) is 6.07 Å². The highest BCUT2D eigenvalue weighted by molar-refractivity contribution is 5.76. The van der Waals surface area contributed by atoms with E-state index in [1.165, 1.54) is 18.6 Å². The number of likely N-dealkylation sites (tertiary alicyclic amines) is 1. The molecule has 0 saturated carbocycles. The molecule has 0 bridgehead atoms. The highest BCUT2D eigenvalue weighted by atomic mass is 19.1. The number of benzene rings is 1. The molecular formula is C18H25FN4O. The smallest absolute Gasteiger partial charge is 0.223 e. The summed E-state index contributed by atoms with van der Waals surface area (Å²) in [5.74, 6) is 1.36. The van der Waals surface area contributed by atoms with Crippen molar-refractivity contribution in [1.82, 2.24) is 19.8 Å². The lowest BCUT2D eigenvalue weighted by atomic mass is 10.00. The Bertz CT molecular complexity index is 714. The van der Waals surface area contributed by atoms with E-state index in [0.29, 0.717) is 30.9 Å². The molecule has 1 N–H and O–H groups in total. The van der Waals surface area contributed by atoms with Crippen LogP contribution in [0.1, 0.15) is 32.0 Å². The Balaban J connectivity index is 1.51. The predicted molar refractivity (Wildman–Crippen MR) is 92.0 cm³/mol. The largest absolute Gasteiger partial charge is 0.342 e. The molecular weight excluding hydrogens is 307 g/mol. The van der Waals surface area contributed by atoms with Crippen LogP contribution in [0.5, 0.6) is 0 Å². The number of nitrogens with one attached hydrogen (secondary N) is 1. The number of amides is 1. The number of aromatic amines is 1. The molecule has 2 aromatic rings. The maximum absolute atomic E-state index is 13.2. The van der Waals surface area contributed by atoms with Gasteiger partial charge in [0.15, 0.2) is 0 Å². The third-order valence-corrected chi connectivity index (χ3v) is 4.63. The summed E-state index contributed by atoms with van der Waals surface area (Å²) >= 11 is 0. The summed E-state index contributed by atoms with van der Waals surface area (Å²) in [4.78, 5) is 24.0. The molecule has 0 spiro atoms. The van der Waals surface area contributed by atoms with Crippen molar-refractivity contribution >= 4 is 16.9 Å². The van der Waals surface area contributed by atoms with Crippen molar-refractivity contribution in [3.63, 3.8) is 0 Å². The first kappa shape index (κ1) is 16.9. The Labute approximate surface area is 141 Å². The quantitative estimate of drug-likeness (QED) is 0.916. The number of aromatic nitrogens is 2. The monoisotopic (exact) mass is 332 g/mol. The Morgan fingerprint density at radius 1 is 1.50 bits per heavy atom. The Hall–Kier alpha value is -1.95. The molecule has 24 heavy (non-hydrogen) atoms. The third kappa shape index (κ3) is 4.12. The standard InChI is InChI=1S/C18H25FN4O/c1-13-4-3-8-23(11-13)18(24)7-9-22(2)12-17-20-15-6-5-14(19)10-16(15)21-17/h5-6,10,13H,3-4,7-9,11-12H2,1-2H3,(H,20,21). The molecule has 1 aromatic heterocycles. The fourth-order valence-corrected chi connectivity index (χ4v) is 3.30. The summed E-state index contributed by atoms with van der Waals surface area (Å²) in [5, 5.41) is 0. The maximum atomic E-state index is 13.2. The molecule has 5 nitrogen and oxygen atoms in total. The first-order valence-electron chi connectivity index (χ1n) is 8.62. The third-order valence-electron chi connectivity index (χ3n) is 4.63. The van der Waals surface area contributed by atoms with E-state index in [0.717, 1.165) is 30.9 Å². The van der Waals surface area contributed by atoms with Gasteiger partial charge in [-0.1, -0.05) is 6.92 Å². The van der Waals surface area contributed by atoms with Gasteiger partial charge in [-0.2, -0.15) is 0 Å². The zero-order valence-corrected chi connectivity index (χ0v) is 14.4. The SMILES string of the molecule is CC1CCCN(C(=O)CCN(C)Cc2nc3ccc(F)cc3[nH]2)C1. The maximum Gasteiger partial charge on any atom is 0.223 e. The second kappa shape index (κ2) is 7.30. The number of hydrogen-bond acceptors (Lipinski definition) is 3. The first-order chi connectivity index (χ1) is 11.5. The van der Waals surface area contributed by atoms with E-state index in [-0.39, 0.29) is 11.7 Å². The molecule has 1 atom stereocenters. The van der Waals surface area contributed by atoms with Gasteiger partial charge in [0.25, 0.3) is 0 Å². The lowest BCUT2D eigenvalue weighted by Gasteiger charge is -2.31.